The summed E-state index contributed by atoms with van der Waals surface area (Å²) >= 11 is 0. The van der Waals surface area contributed by atoms with E-state index in [1.165, 1.54) is 16.8 Å². The van der Waals surface area contributed by atoms with E-state index < -0.39 is 0 Å². The molecule has 0 spiro atoms. The van der Waals surface area contributed by atoms with Crippen LogP contribution < -0.4 is 15.0 Å². The molecule has 3 aromatic carbocycles. The quantitative estimate of drug-likeness (QED) is 0.408. The Hall–Kier alpha value is -3.31. The molecule has 0 atom stereocenters. The topological polar surface area (TPSA) is 42.3 Å². The molecule has 5 nitrogen and oxygen atoms in total. The SMILES string of the molecule is CCCCOc1nn(-c2ccccc2)c2cc(-c3ccc(N4CCNCC4)cc3)ccc12. The number of nitrogens with zero attached hydrogens (tertiary/aromatic N) is 3. The first-order valence-corrected chi connectivity index (χ1v) is 11.6. The van der Waals surface area contributed by atoms with Gasteiger partial charge in [0.1, 0.15) is 0 Å². The van der Waals surface area contributed by atoms with Gasteiger partial charge in [0.05, 0.1) is 23.2 Å². The van der Waals surface area contributed by atoms with E-state index in [9.17, 15) is 0 Å². The van der Waals surface area contributed by atoms with Gasteiger partial charge in [0.15, 0.2) is 0 Å². The van der Waals surface area contributed by atoms with Crippen LogP contribution in [0.25, 0.3) is 27.7 Å². The maximum absolute atomic E-state index is 6.05. The zero-order valence-corrected chi connectivity index (χ0v) is 18.6. The molecule has 5 heteroatoms. The van der Waals surface area contributed by atoms with Crippen LogP contribution in [0.3, 0.4) is 0 Å². The van der Waals surface area contributed by atoms with E-state index in [-0.39, 0.29) is 0 Å². The van der Waals surface area contributed by atoms with Crippen LogP contribution >= 0.6 is 0 Å². The van der Waals surface area contributed by atoms with E-state index in [1.807, 2.05) is 22.9 Å². The summed E-state index contributed by atoms with van der Waals surface area (Å²) in [5, 5.41) is 9.29. The number of rotatable bonds is 7. The summed E-state index contributed by atoms with van der Waals surface area (Å²) in [5.74, 6) is 0.706. The van der Waals surface area contributed by atoms with Crippen molar-refractivity contribution in [1.29, 1.82) is 0 Å². The highest BCUT2D eigenvalue weighted by molar-refractivity contribution is 5.90. The lowest BCUT2D eigenvalue weighted by Gasteiger charge is -2.29. The third-order valence-corrected chi connectivity index (χ3v) is 6.07. The monoisotopic (exact) mass is 426 g/mol. The lowest BCUT2D eigenvalue weighted by atomic mass is 10.0. The van der Waals surface area contributed by atoms with E-state index in [0.29, 0.717) is 12.5 Å². The molecule has 0 bridgehead atoms. The average molecular weight is 427 g/mol. The fourth-order valence-corrected chi connectivity index (χ4v) is 4.24. The van der Waals surface area contributed by atoms with E-state index >= 15 is 0 Å². The number of benzene rings is 3. The largest absolute Gasteiger partial charge is 0.476 e. The Bertz CT molecular complexity index is 1160. The Morgan fingerprint density at radius 1 is 0.875 bits per heavy atom. The van der Waals surface area contributed by atoms with E-state index in [1.54, 1.807) is 0 Å². The first-order chi connectivity index (χ1) is 15.8. The first-order valence-electron chi connectivity index (χ1n) is 11.6. The Labute approximate surface area is 189 Å². The molecule has 32 heavy (non-hydrogen) atoms. The van der Waals surface area contributed by atoms with Crippen LogP contribution in [0.15, 0.2) is 72.8 Å². The highest BCUT2D eigenvalue weighted by Crippen LogP contribution is 2.32. The lowest BCUT2D eigenvalue weighted by Crippen LogP contribution is -2.43. The number of unbranched alkanes of at least 4 members (excludes halogenated alkanes) is 1. The fourth-order valence-electron chi connectivity index (χ4n) is 4.24. The Morgan fingerprint density at radius 3 is 2.38 bits per heavy atom. The second-order valence-electron chi connectivity index (χ2n) is 8.27. The molecular weight excluding hydrogens is 396 g/mol. The molecule has 4 aromatic rings. The predicted molar refractivity (Wildman–Crippen MR) is 132 cm³/mol. The normalized spacial score (nSPS) is 14.1. The van der Waals surface area contributed by atoms with Gasteiger partial charge in [-0.1, -0.05) is 49.7 Å². The number of fused-ring (bicyclic) bond motifs is 1. The van der Waals surface area contributed by atoms with Crippen molar-refractivity contribution in [2.75, 3.05) is 37.7 Å². The van der Waals surface area contributed by atoms with Gasteiger partial charge in [-0.25, -0.2) is 4.68 Å². The molecule has 0 aliphatic carbocycles. The van der Waals surface area contributed by atoms with Crippen molar-refractivity contribution in [1.82, 2.24) is 15.1 Å². The molecule has 0 unspecified atom stereocenters. The number of aromatic nitrogens is 2. The van der Waals surface area contributed by atoms with Crippen molar-refractivity contribution in [2.24, 2.45) is 0 Å². The Morgan fingerprint density at radius 2 is 1.62 bits per heavy atom. The summed E-state index contributed by atoms with van der Waals surface area (Å²) in [4.78, 5) is 2.44. The zero-order valence-electron chi connectivity index (χ0n) is 18.6. The van der Waals surface area contributed by atoms with Crippen LogP contribution in [0, 0.1) is 0 Å². The predicted octanol–water partition coefficient (Wildman–Crippen LogP) is 5.28. The molecule has 1 N–H and O–H groups in total. The van der Waals surface area contributed by atoms with Gasteiger partial charge in [0.2, 0.25) is 5.88 Å². The highest BCUT2D eigenvalue weighted by atomic mass is 16.5. The van der Waals surface area contributed by atoms with Crippen molar-refractivity contribution < 1.29 is 4.74 Å². The van der Waals surface area contributed by atoms with Crippen molar-refractivity contribution in [3.05, 3.63) is 72.8 Å². The van der Waals surface area contributed by atoms with Crippen LogP contribution in [0.5, 0.6) is 5.88 Å². The molecular formula is C27H30N4O. The second kappa shape index (κ2) is 9.45. The molecule has 0 radical (unpaired) electrons. The minimum Gasteiger partial charge on any atom is -0.476 e. The Balaban J connectivity index is 1.50. The molecule has 1 saturated heterocycles. The fraction of sp³-hybridized carbons (Fsp3) is 0.296. The summed E-state index contributed by atoms with van der Waals surface area (Å²) in [7, 11) is 0. The number of nitrogens with one attached hydrogen (secondary N) is 1. The standard InChI is InChI=1S/C27H30N4O/c1-2-3-19-32-27-25-14-11-22(20-26(25)31(29-27)24-7-5-4-6-8-24)21-9-12-23(13-10-21)30-17-15-28-16-18-30/h4-14,20,28H,2-3,15-19H2,1H3. The average Bonchev–Trinajstić information content (AvgIpc) is 3.23. The van der Waals surface area contributed by atoms with Crippen molar-refractivity contribution in [3.8, 4) is 22.7 Å². The Kier molecular flexibility index (Phi) is 6.08. The van der Waals surface area contributed by atoms with Gasteiger partial charge in [-0.3, -0.25) is 0 Å². The van der Waals surface area contributed by atoms with Gasteiger partial charge in [0, 0.05) is 31.9 Å². The van der Waals surface area contributed by atoms with Gasteiger partial charge >= 0.3 is 0 Å². The van der Waals surface area contributed by atoms with Crippen molar-refractivity contribution >= 4 is 16.6 Å². The third kappa shape index (κ3) is 4.21. The third-order valence-electron chi connectivity index (χ3n) is 6.07. The van der Waals surface area contributed by atoms with Crippen molar-refractivity contribution in [3.63, 3.8) is 0 Å². The molecule has 1 aromatic heterocycles. The summed E-state index contributed by atoms with van der Waals surface area (Å²) in [6, 6.07) is 25.7. The van der Waals surface area contributed by atoms with Crippen LogP contribution in [0.1, 0.15) is 19.8 Å². The van der Waals surface area contributed by atoms with Gasteiger partial charge in [-0.05, 0) is 53.9 Å². The summed E-state index contributed by atoms with van der Waals surface area (Å²) in [5.41, 5.74) is 5.78. The summed E-state index contributed by atoms with van der Waals surface area (Å²) in [6.45, 7) is 7.07. The number of piperazine rings is 1. The maximum Gasteiger partial charge on any atom is 0.241 e. The number of ether oxygens (including phenoxy) is 1. The number of anilines is 1. The molecule has 1 aliphatic heterocycles. The van der Waals surface area contributed by atoms with Gasteiger partial charge in [-0.2, -0.15) is 0 Å². The molecule has 164 valence electrons. The molecule has 5 rings (SSSR count). The zero-order chi connectivity index (χ0) is 21.8. The van der Waals surface area contributed by atoms with Crippen molar-refractivity contribution in [2.45, 2.75) is 19.8 Å². The van der Waals surface area contributed by atoms with Crippen LogP contribution in [0.4, 0.5) is 5.69 Å². The van der Waals surface area contributed by atoms with Crippen LogP contribution in [0.2, 0.25) is 0 Å². The van der Waals surface area contributed by atoms with E-state index in [0.717, 1.165) is 55.6 Å². The highest BCUT2D eigenvalue weighted by Gasteiger charge is 2.15. The second-order valence-corrected chi connectivity index (χ2v) is 8.27. The van der Waals surface area contributed by atoms with Gasteiger partial charge in [-0.15, -0.1) is 5.10 Å². The molecule has 2 heterocycles. The minimum atomic E-state index is 0.687. The number of para-hydroxylation sites is 1. The minimum absolute atomic E-state index is 0.687. The van der Waals surface area contributed by atoms with E-state index in [2.05, 4.69) is 71.7 Å². The molecule has 1 fully saturated rings. The van der Waals surface area contributed by atoms with Gasteiger partial charge in [0.25, 0.3) is 0 Å². The number of hydrogen-bond donors (Lipinski definition) is 1. The summed E-state index contributed by atoms with van der Waals surface area (Å²) in [6.07, 6.45) is 2.13. The summed E-state index contributed by atoms with van der Waals surface area (Å²) < 4.78 is 8.04. The molecule has 1 aliphatic rings. The first kappa shape index (κ1) is 20.6. The van der Waals surface area contributed by atoms with Crippen LogP contribution in [-0.2, 0) is 0 Å². The maximum atomic E-state index is 6.05. The van der Waals surface area contributed by atoms with Gasteiger partial charge < -0.3 is 15.0 Å². The lowest BCUT2D eigenvalue weighted by molar-refractivity contribution is 0.299. The smallest absolute Gasteiger partial charge is 0.241 e. The molecule has 0 saturated carbocycles. The molecule has 0 amide bonds. The van der Waals surface area contributed by atoms with E-state index in [4.69, 9.17) is 9.84 Å². The van der Waals surface area contributed by atoms with Crippen LogP contribution in [-0.4, -0.2) is 42.6 Å². The number of hydrogen-bond acceptors (Lipinski definition) is 4.